The third-order valence-corrected chi connectivity index (χ3v) is 3.93. The summed E-state index contributed by atoms with van der Waals surface area (Å²) >= 11 is 0. The highest BCUT2D eigenvalue weighted by molar-refractivity contribution is 4.97. The lowest BCUT2D eigenvalue weighted by Gasteiger charge is -2.36. The van der Waals surface area contributed by atoms with Gasteiger partial charge in [-0.3, -0.25) is 4.90 Å². The minimum absolute atomic E-state index is 0.214. The van der Waals surface area contributed by atoms with Gasteiger partial charge >= 0.3 is 6.18 Å². The summed E-state index contributed by atoms with van der Waals surface area (Å²) in [7, 11) is 0. The van der Waals surface area contributed by atoms with Gasteiger partial charge in [0.2, 0.25) is 0 Å². The van der Waals surface area contributed by atoms with Crippen molar-refractivity contribution in [1.29, 1.82) is 0 Å². The van der Waals surface area contributed by atoms with E-state index in [1.165, 1.54) is 0 Å². The van der Waals surface area contributed by atoms with E-state index < -0.39 is 12.1 Å². The molecule has 1 saturated heterocycles. The van der Waals surface area contributed by atoms with E-state index in [2.05, 4.69) is 10.2 Å². The van der Waals surface area contributed by atoms with E-state index in [0.29, 0.717) is 19.6 Å². The van der Waals surface area contributed by atoms with Crippen LogP contribution in [0.1, 0.15) is 25.5 Å². The topological polar surface area (TPSA) is 28.4 Å². The number of nitrogens with zero attached hydrogens (tertiary/aromatic N) is 1. The molecule has 0 saturated carbocycles. The van der Waals surface area contributed by atoms with Crippen LogP contribution in [-0.4, -0.2) is 36.8 Å². The fraction of sp³-hybridized carbons (Fsp3) is 0.714. The zero-order valence-corrected chi connectivity index (χ0v) is 11.6. The normalized spacial score (nSPS) is 20.2. The van der Waals surface area contributed by atoms with Crippen LogP contribution in [0.5, 0.6) is 0 Å². The summed E-state index contributed by atoms with van der Waals surface area (Å²) in [6.07, 6.45) is -1.98. The predicted molar refractivity (Wildman–Crippen MR) is 70.2 cm³/mol. The van der Waals surface area contributed by atoms with Crippen molar-refractivity contribution in [2.24, 2.45) is 5.92 Å². The van der Waals surface area contributed by atoms with Gasteiger partial charge in [0.05, 0.1) is 18.7 Å². The van der Waals surface area contributed by atoms with Gasteiger partial charge in [-0.05, 0) is 45.0 Å². The molecule has 1 aromatic rings. The van der Waals surface area contributed by atoms with Gasteiger partial charge in [0.25, 0.3) is 0 Å². The van der Waals surface area contributed by atoms with Crippen LogP contribution in [-0.2, 0) is 6.54 Å². The van der Waals surface area contributed by atoms with Crippen molar-refractivity contribution in [3.05, 3.63) is 24.2 Å². The van der Waals surface area contributed by atoms with Crippen molar-refractivity contribution in [2.75, 3.05) is 19.6 Å². The molecule has 1 N–H and O–H groups in total. The lowest BCUT2D eigenvalue weighted by molar-refractivity contribution is -0.185. The molecule has 0 radical (unpaired) electrons. The number of hydrogen-bond acceptors (Lipinski definition) is 3. The van der Waals surface area contributed by atoms with Crippen molar-refractivity contribution in [2.45, 2.75) is 38.5 Å². The SMILES string of the molecule is CC(CNCc1ccco1)N1CCC(C(F)(F)F)CC1. The lowest BCUT2D eigenvalue weighted by atomic mass is 9.95. The summed E-state index contributed by atoms with van der Waals surface area (Å²) in [5.41, 5.74) is 0. The van der Waals surface area contributed by atoms with Crippen molar-refractivity contribution in [3.8, 4) is 0 Å². The maximum Gasteiger partial charge on any atom is 0.391 e. The van der Waals surface area contributed by atoms with Gasteiger partial charge in [-0.1, -0.05) is 0 Å². The highest BCUT2D eigenvalue weighted by Gasteiger charge is 2.41. The van der Waals surface area contributed by atoms with Crippen LogP contribution < -0.4 is 5.32 Å². The minimum atomic E-state index is -4.03. The molecule has 1 unspecified atom stereocenters. The van der Waals surface area contributed by atoms with Gasteiger partial charge in [-0.15, -0.1) is 0 Å². The zero-order valence-electron chi connectivity index (χ0n) is 11.6. The highest BCUT2D eigenvalue weighted by atomic mass is 19.4. The largest absolute Gasteiger partial charge is 0.468 e. The van der Waals surface area contributed by atoms with E-state index in [1.807, 2.05) is 19.1 Å². The molecule has 3 nitrogen and oxygen atoms in total. The molecule has 0 bridgehead atoms. The molecule has 2 heterocycles. The smallest absolute Gasteiger partial charge is 0.391 e. The Balaban J connectivity index is 1.68. The van der Waals surface area contributed by atoms with Crippen LogP contribution in [0.2, 0.25) is 0 Å². The van der Waals surface area contributed by atoms with Crippen LogP contribution in [0.3, 0.4) is 0 Å². The molecule has 1 atom stereocenters. The summed E-state index contributed by atoms with van der Waals surface area (Å²) in [6, 6.07) is 3.97. The van der Waals surface area contributed by atoms with Crippen molar-refractivity contribution in [1.82, 2.24) is 10.2 Å². The average Bonchev–Trinajstić information content (AvgIpc) is 2.91. The number of halogens is 3. The first-order valence-electron chi connectivity index (χ1n) is 7.00. The molecule has 0 spiro atoms. The molecule has 1 aliphatic rings. The zero-order chi connectivity index (χ0) is 14.6. The first kappa shape index (κ1) is 15.4. The van der Waals surface area contributed by atoms with E-state index >= 15 is 0 Å². The van der Waals surface area contributed by atoms with E-state index in [0.717, 1.165) is 12.3 Å². The molecule has 1 fully saturated rings. The van der Waals surface area contributed by atoms with Crippen LogP contribution in [0.25, 0.3) is 0 Å². The van der Waals surface area contributed by atoms with Crippen molar-refractivity contribution in [3.63, 3.8) is 0 Å². The number of furan rings is 1. The van der Waals surface area contributed by atoms with Gasteiger partial charge in [0.15, 0.2) is 0 Å². The standard InChI is InChI=1S/C14H21F3N2O/c1-11(9-18-10-13-3-2-8-20-13)19-6-4-12(5-7-19)14(15,16)17/h2-3,8,11-12,18H,4-7,9-10H2,1H3. The molecule has 0 aliphatic carbocycles. The van der Waals surface area contributed by atoms with Crippen LogP contribution in [0.4, 0.5) is 13.2 Å². The number of nitrogens with one attached hydrogen (secondary N) is 1. The predicted octanol–water partition coefficient (Wildman–Crippen LogP) is 3.03. The molecule has 1 aliphatic heterocycles. The van der Waals surface area contributed by atoms with Gasteiger partial charge in [0.1, 0.15) is 5.76 Å². The number of likely N-dealkylation sites (tertiary alicyclic amines) is 1. The Labute approximate surface area is 117 Å². The quantitative estimate of drug-likeness (QED) is 0.903. The Kier molecular flexibility index (Phi) is 5.10. The fourth-order valence-electron chi connectivity index (χ4n) is 2.61. The Morgan fingerprint density at radius 2 is 2.10 bits per heavy atom. The Morgan fingerprint density at radius 1 is 1.40 bits per heavy atom. The maximum atomic E-state index is 12.6. The average molecular weight is 290 g/mol. The summed E-state index contributed by atoms with van der Waals surface area (Å²) in [5, 5.41) is 3.27. The second kappa shape index (κ2) is 6.63. The summed E-state index contributed by atoms with van der Waals surface area (Å²) < 4.78 is 43.0. The minimum Gasteiger partial charge on any atom is -0.468 e. The maximum absolute atomic E-state index is 12.6. The van der Waals surface area contributed by atoms with E-state index in [-0.39, 0.29) is 18.9 Å². The number of rotatable bonds is 5. The summed E-state index contributed by atoms with van der Waals surface area (Å²) in [4.78, 5) is 2.12. The van der Waals surface area contributed by atoms with E-state index in [9.17, 15) is 13.2 Å². The lowest BCUT2D eigenvalue weighted by Crippen LogP contribution is -2.46. The van der Waals surface area contributed by atoms with Crippen LogP contribution >= 0.6 is 0 Å². The number of hydrogen-bond donors (Lipinski definition) is 1. The second-order valence-corrected chi connectivity index (χ2v) is 5.41. The summed E-state index contributed by atoms with van der Waals surface area (Å²) in [5.74, 6) is -0.255. The molecule has 20 heavy (non-hydrogen) atoms. The van der Waals surface area contributed by atoms with Crippen molar-refractivity contribution >= 4 is 0 Å². The van der Waals surface area contributed by atoms with Crippen LogP contribution in [0, 0.1) is 5.92 Å². The first-order chi connectivity index (χ1) is 9.47. The monoisotopic (exact) mass is 290 g/mol. The number of alkyl halides is 3. The van der Waals surface area contributed by atoms with Gasteiger partial charge < -0.3 is 9.73 Å². The fourth-order valence-corrected chi connectivity index (χ4v) is 2.61. The molecular weight excluding hydrogens is 269 g/mol. The Bertz CT molecular complexity index is 384. The molecule has 0 aromatic carbocycles. The van der Waals surface area contributed by atoms with Crippen molar-refractivity contribution < 1.29 is 17.6 Å². The summed E-state index contributed by atoms with van der Waals surface area (Å²) in [6.45, 7) is 4.48. The Hall–Kier alpha value is -1.01. The molecular formula is C14H21F3N2O. The van der Waals surface area contributed by atoms with E-state index in [1.54, 1.807) is 6.26 Å². The Morgan fingerprint density at radius 3 is 2.65 bits per heavy atom. The van der Waals surface area contributed by atoms with Gasteiger partial charge in [0, 0.05) is 12.6 Å². The van der Waals surface area contributed by atoms with Gasteiger partial charge in [-0.2, -0.15) is 13.2 Å². The molecule has 1 aromatic heterocycles. The van der Waals surface area contributed by atoms with Gasteiger partial charge in [-0.25, -0.2) is 0 Å². The van der Waals surface area contributed by atoms with Crippen LogP contribution in [0.15, 0.2) is 22.8 Å². The third kappa shape index (κ3) is 4.24. The molecule has 0 amide bonds. The number of piperidine rings is 1. The third-order valence-electron chi connectivity index (χ3n) is 3.93. The van der Waals surface area contributed by atoms with E-state index in [4.69, 9.17) is 4.42 Å². The highest BCUT2D eigenvalue weighted by Crippen LogP contribution is 2.34. The first-order valence-corrected chi connectivity index (χ1v) is 7.00. The molecule has 2 rings (SSSR count). The molecule has 6 heteroatoms. The second-order valence-electron chi connectivity index (χ2n) is 5.41. The molecule has 114 valence electrons.